The molecule has 0 fully saturated rings. The summed E-state index contributed by atoms with van der Waals surface area (Å²) in [4.78, 5) is 1.62. The van der Waals surface area contributed by atoms with E-state index >= 15 is 0 Å². The number of nitrogens with zero attached hydrogens (tertiary/aromatic N) is 1. The van der Waals surface area contributed by atoms with Crippen LogP contribution in [-0.2, 0) is 0 Å². The molecular weight excluding hydrogens is 234 g/mol. The Morgan fingerprint density at radius 1 is 1.11 bits per heavy atom. The van der Waals surface area contributed by atoms with Crippen LogP contribution in [0.3, 0.4) is 0 Å². The van der Waals surface area contributed by atoms with Gasteiger partial charge in [0.1, 0.15) is 11.6 Å². The van der Waals surface area contributed by atoms with Crippen LogP contribution >= 0.6 is 0 Å². The summed E-state index contributed by atoms with van der Waals surface area (Å²) in [6.07, 6.45) is 0. The molecule has 0 saturated carbocycles. The minimum Gasteiger partial charge on any atom is -0.397 e. The van der Waals surface area contributed by atoms with Crippen molar-refractivity contribution in [3.63, 3.8) is 0 Å². The van der Waals surface area contributed by atoms with E-state index < -0.39 is 11.6 Å². The van der Waals surface area contributed by atoms with Crippen molar-refractivity contribution in [2.45, 2.75) is 6.92 Å². The Bertz CT molecular complexity index is 562. The van der Waals surface area contributed by atoms with Crippen LogP contribution in [0, 0.1) is 18.6 Å². The highest BCUT2D eigenvalue weighted by atomic mass is 19.1. The average Bonchev–Trinajstić information content (AvgIpc) is 2.28. The third-order valence-corrected chi connectivity index (χ3v) is 2.88. The maximum absolute atomic E-state index is 13.7. The Kier molecular flexibility index (Phi) is 3.19. The van der Waals surface area contributed by atoms with Gasteiger partial charge in [-0.3, -0.25) is 0 Å². The highest BCUT2D eigenvalue weighted by Gasteiger charge is 2.14. The van der Waals surface area contributed by atoms with Gasteiger partial charge in [-0.1, -0.05) is 12.1 Å². The zero-order valence-electron chi connectivity index (χ0n) is 10.2. The first kappa shape index (κ1) is 12.4. The highest BCUT2D eigenvalue weighted by Crippen LogP contribution is 2.33. The molecule has 0 amide bonds. The van der Waals surface area contributed by atoms with Crippen molar-refractivity contribution in [1.29, 1.82) is 0 Å². The van der Waals surface area contributed by atoms with Gasteiger partial charge in [-0.15, -0.1) is 0 Å². The molecule has 18 heavy (non-hydrogen) atoms. The minimum atomic E-state index is -0.611. The van der Waals surface area contributed by atoms with Gasteiger partial charge in [0.05, 0.1) is 17.1 Å². The zero-order chi connectivity index (χ0) is 13.3. The molecule has 2 aromatic rings. The molecule has 0 aromatic heterocycles. The molecule has 0 aliphatic carbocycles. The van der Waals surface area contributed by atoms with Crippen LogP contribution in [-0.4, -0.2) is 7.05 Å². The first-order valence-electron chi connectivity index (χ1n) is 5.54. The number of benzene rings is 2. The SMILES string of the molecule is Cc1cccc(N)c1N(C)c1ccc(F)cc1F. The first-order valence-corrected chi connectivity index (χ1v) is 5.54. The molecule has 0 spiro atoms. The smallest absolute Gasteiger partial charge is 0.149 e. The van der Waals surface area contributed by atoms with Gasteiger partial charge in [0.25, 0.3) is 0 Å². The highest BCUT2D eigenvalue weighted by molar-refractivity contribution is 5.77. The monoisotopic (exact) mass is 248 g/mol. The van der Waals surface area contributed by atoms with Gasteiger partial charge in [0.2, 0.25) is 0 Å². The molecular formula is C14H14F2N2. The van der Waals surface area contributed by atoms with Gasteiger partial charge in [0.15, 0.2) is 0 Å². The number of hydrogen-bond acceptors (Lipinski definition) is 2. The lowest BCUT2D eigenvalue weighted by Crippen LogP contribution is -2.14. The molecule has 0 saturated heterocycles. The molecule has 0 aliphatic heterocycles. The second-order valence-electron chi connectivity index (χ2n) is 4.17. The molecule has 2 rings (SSSR count). The fraction of sp³-hybridized carbons (Fsp3) is 0.143. The lowest BCUT2D eigenvalue weighted by atomic mass is 10.1. The number of rotatable bonds is 2. The molecule has 4 heteroatoms. The predicted molar refractivity (Wildman–Crippen MR) is 70.0 cm³/mol. The van der Waals surface area contributed by atoms with Crippen LogP contribution in [0.5, 0.6) is 0 Å². The summed E-state index contributed by atoms with van der Waals surface area (Å²) in [6.45, 7) is 1.89. The number of hydrogen-bond donors (Lipinski definition) is 1. The Balaban J connectivity index is 2.51. The second kappa shape index (κ2) is 4.64. The number of aryl methyl sites for hydroxylation is 1. The summed E-state index contributed by atoms with van der Waals surface area (Å²) in [5, 5.41) is 0. The molecule has 0 aliphatic rings. The second-order valence-corrected chi connectivity index (χ2v) is 4.17. The van der Waals surface area contributed by atoms with E-state index in [0.717, 1.165) is 17.3 Å². The Morgan fingerprint density at radius 2 is 1.83 bits per heavy atom. The van der Waals surface area contributed by atoms with Gasteiger partial charge in [-0.05, 0) is 30.7 Å². The average molecular weight is 248 g/mol. The van der Waals surface area contributed by atoms with Crippen molar-refractivity contribution in [3.8, 4) is 0 Å². The standard InChI is InChI=1S/C14H14F2N2/c1-9-4-3-5-12(17)14(9)18(2)13-7-6-10(15)8-11(13)16/h3-8H,17H2,1-2H3. The van der Waals surface area contributed by atoms with Gasteiger partial charge < -0.3 is 10.6 Å². The van der Waals surface area contributed by atoms with Crippen LogP contribution in [0.1, 0.15) is 5.56 Å². The van der Waals surface area contributed by atoms with E-state index in [2.05, 4.69) is 0 Å². The minimum absolute atomic E-state index is 0.289. The maximum atomic E-state index is 13.7. The Hall–Kier alpha value is -2.10. The normalized spacial score (nSPS) is 10.4. The van der Waals surface area contributed by atoms with Crippen molar-refractivity contribution in [1.82, 2.24) is 0 Å². The van der Waals surface area contributed by atoms with E-state index in [1.165, 1.54) is 12.1 Å². The first-order chi connectivity index (χ1) is 8.50. The van der Waals surface area contributed by atoms with Crippen molar-refractivity contribution in [2.24, 2.45) is 0 Å². The van der Waals surface area contributed by atoms with Crippen molar-refractivity contribution in [3.05, 3.63) is 53.6 Å². The van der Waals surface area contributed by atoms with Crippen molar-refractivity contribution >= 4 is 17.1 Å². The molecule has 94 valence electrons. The van der Waals surface area contributed by atoms with E-state index in [1.807, 2.05) is 19.1 Å². The van der Waals surface area contributed by atoms with Gasteiger partial charge in [0, 0.05) is 13.1 Å². The molecule has 2 nitrogen and oxygen atoms in total. The molecule has 0 radical (unpaired) electrons. The number of nitrogen functional groups attached to an aromatic ring is 1. The molecule has 0 unspecified atom stereocenters. The fourth-order valence-corrected chi connectivity index (χ4v) is 2.01. The van der Waals surface area contributed by atoms with Crippen LogP contribution in [0.25, 0.3) is 0 Å². The van der Waals surface area contributed by atoms with Crippen LogP contribution in [0.15, 0.2) is 36.4 Å². The number of anilines is 3. The Labute approximate surface area is 105 Å². The van der Waals surface area contributed by atoms with Gasteiger partial charge in [-0.2, -0.15) is 0 Å². The third-order valence-electron chi connectivity index (χ3n) is 2.88. The predicted octanol–water partition coefficient (Wildman–Crippen LogP) is 3.62. The molecule has 2 aromatic carbocycles. The van der Waals surface area contributed by atoms with E-state index in [1.54, 1.807) is 18.0 Å². The quantitative estimate of drug-likeness (QED) is 0.822. The molecule has 0 atom stereocenters. The summed E-state index contributed by atoms with van der Waals surface area (Å²) < 4.78 is 26.6. The van der Waals surface area contributed by atoms with E-state index in [-0.39, 0.29) is 5.69 Å². The summed E-state index contributed by atoms with van der Waals surface area (Å²) >= 11 is 0. The summed E-state index contributed by atoms with van der Waals surface area (Å²) in [5.41, 5.74) is 8.40. The fourth-order valence-electron chi connectivity index (χ4n) is 2.01. The largest absolute Gasteiger partial charge is 0.397 e. The number of halogens is 2. The molecule has 0 heterocycles. The van der Waals surface area contributed by atoms with Gasteiger partial charge in [-0.25, -0.2) is 8.78 Å². The lowest BCUT2D eigenvalue weighted by molar-refractivity contribution is 0.583. The number of para-hydroxylation sites is 1. The molecule has 0 bridgehead atoms. The van der Waals surface area contributed by atoms with E-state index in [9.17, 15) is 8.78 Å². The van der Waals surface area contributed by atoms with Crippen molar-refractivity contribution in [2.75, 3.05) is 17.7 Å². The lowest BCUT2D eigenvalue weighted by Gasteiger charge is -2.23. The van der Waals surface area contributed by atoms with Crippen LogP contribution < -0.4 is 10.6 Å². The van der Waals surface area contributed by atoms with Crippen LogP contribution in [0.4, 0.5) is 25.8 Å². The van der Waals surface area contributed by atoms with E-state index in [4.69, 9.17) is 5.73 Å². The molecule has 2 N–H and O–H groups in total. The maximum Gasteiger partial charge on any atom is 0.149 e. The Morgan fingerprint density at radius 3 is 2.44 bits per heavy atom. The summed E-state index contributed by atoms with van der Waals surface area (Å²) in [5.74, 6) is -1.21. The van der Waals surface area contributed by atoms with Crippen LogP contribution in [0.2, 0.25) is 0 Å². The number of nitrogens with two attached hydrogens (primary N) is 1. The van der Waals surface area contributed by atoms with Gasteiger partial charge >= 0.3 is 0 Å². The topological polar surface area (TPSA) is 29.3 Å². The zero-order valence-corrected chi connectivity index (χ0v) is 10.2. The summed E-state index contributed by atoms with van der Waals surface area (Å²) in [6, 6.07) is 8.97. The summed E-state index contributed by atoms with van der Waals surface area (Å²) in [7, 11) is 1.70. The van der Waals surface area contributed by atoms with Crippen molar-refractivity contribution < 1.29 is 8.78 Å². The third kappa shape index (κ3) is 2.14. The van der Waals surface area contributed by atoms with E-state index in [0.29, 0.717) is 5.69 Å².